The predicted octanol–water partition coefficient (Wildman–Crippen LogP) is 3.07. The van der Waals surface area contributed by atoms with Crippen LogP contribution in [0.15, 0.2) is 47.5 Å². The first-order valence-corrected chi connectivity index (χ1v) is 9.95. The van der Waals surface area contributed by atoms with E-state index in [1.807, 2.05) is 31.2 Å². The number of nitrogens with one attached hydrogen (secondary N) is 1. The molecule has 6 heteroatoms. The predicted molar refractivity (Wildman–Crippen MR) is 112 cm³/mol. The third kappa shape index (κ3) is 4.94. The lowest BCUT2D eigenvalue weighted by atomic mass is 9.97. The topological polar surface area (TPSA) is 63.2 Å². The Morgan fingerprint density at radius 1 is 1.18 bits per heavy atom. The molecule has 0 spiro atoms. The molecule has 0 saturated carbocycles. The number of hydrogen-bond donors (Lipinski definition) is 1. The van der Waals surface area contributed by atoms with Gasteiger partial charge in [0.1, 0.15) is 12.4 Å². The van der Waals surface area contributed by atoms with Gasteiger partial charge < -0.3 is 19.7 Å². The van der Waals surface area contributed by atoms with Crippen LogP contribution in [0.2, 0.25) is 0 Å². The number of hydrogen-bond acceptors (Lipinski definition) is 4. The number of piperidine rings is 1. The van der Waals surface area contributed by atoms with Gasteiger partial charge in [0.05, 0.1) is 19.1 Å². The Labute approximate surface area is 166 Å². The second-order valence-electron chi connectivity index (χ2n) is 6.81. The molecule has 2 aromatic rings. The lowest BCUT2D eigenvalue weighted by molar-refractivity contribution is -0.149. The van der Waals surface area contributed by atoms with E-state index in [0.717, 1.165) is 43.0 Å². The third-order valence-corrected chi connectivity index (χ3v) is 5.02. The van der Waals surface area contributed by atoms with E-state index in [0.29, 0.717) is 19.8 Å². The maximum absolute atomic E-state index is 11.9. The summed E-state index contributed by atoms with van der Waals surface area (Å²) in [6.07, 6.45) is 1.60. The highest BCUT2D eigenvalue weighted by atomic mass is 16.5. The molecule has 0 atom stereocenters. The smallest absolute Gasteiger partial charge is 0.309 e. The molecule has 1 N–H and O–H groups in total. The Bertz CT molecular complexity index is 808. The minimum absolute atomic E-state index is 0.00370. The highest BCUT2D eigenvalue weighted by Crippen LogP contribution is 2.25. The number of carbonyl (C=O) groups is 1. The lowest BCUT2D eigenvalue weighted by Crippen LogP contribution is -2.47. The largest absolute Gasteiger partial charge is 0.491 e. The van der Waals surface area contributed by atoms with Crippen LogP contribution in [0.1, 0.15) is 19.8 Å². The van der Waals surface area contributed by atoms with Crippen LogP contribution >= 0.6 is 0 Å². The summed E-state index contributed by atoms with van der Waals surface area (Å²) in [5, 5.41) is 5.66. The zero-order valence-corrected chi connectivity index (χ0v) is 16.7. The van der Waals surface area contributed by atoms with Crippen molar-refractivity contribution in [3.8, 4) is 5.75 Å². The van der Waals surface area contributed by atoms with Crippen molar-refractivity contribution < 1.29 is 14.3 Å². The summed E-state index contributed by atoms with van der Waals surface area (Å²) >= 11 is 0. The van der Waals surface area contributed by atoms with Gasteiger partial charge in [-0.1, -0.05) is 36.4 Å². The fourth-order valence-electron chi connectivity index (χ4n) is 3.56. The van der Waals surface area contributed by atoms with Crippen LogP contribution in [0.5, 0.6) is 5.75 Å². The molecule has 0 unspecified atom stereocenters. The van der Waals surface area contributed by atoms with Crippen molar-refractivity contribution in [3.63, 3.8) is 0 Å². The molecule has 0 aromatic heterocycles. The van der Waals surface area contributed by atoms with Gasteiger partial charge in [0.15, 0.2) is 5.96 Å². The zero-order valence-electron chi connectivity index (χ0n) is 16.7. The molecule has 1 heterocycles. The Morgan fingerprint density at radius 2 is 1.93 bits per heavy atom. The normalized spacial score (nSPS) is 15.5. The second kappa shape index (κ2) is 9.97. The van der Waals surface area contributed by atoms with Gasteiger partial charge >= 0.3 is 5.97 Å². The van der Waals surface area contributed by atoms with Crippen LogP contribution in [-0.4, -0.2) is 56.7 Å². The number of likely N-dealkylation sites (tertiary alicyclic amines) is 1. The number of fused-ring (bicyclic) bond motifs is 1. The fraction of sp³-hybridized carbons (Fsp3) is 0.455. The van der Waals surface area contributed by atoms with Gasteiger partial charge in [-0.2, -0.15) is 0 Å². The first-order valence-electron chi connectivity index (χ1n) is 9.95. The van der Waals surface area contributed by atoms with Crippen LogP contribution in [0.25, 0.3) is 10.8 Å². The monoisotopic (exact) mass is 383 g/mol. The molecule has 0 amide bonds. The fourth-order valence-corrected chi connectivity index (χ4v) is 3.56. The summed E-state index contributed by atoms with van der Waals surface area (Å²) in [6, 6.07) is 14.3. The molecule has 2 aromatic carbocycles. The van der Waals surface area contributed by atoms with Crippen molar-refractivity contribution in [2.24, 2.45) is 10.9 Å². The Hall–Kier alpha value is -2.76. The number of esters is 1. The molecule has 0 bridgehead atoms. The highest BCUT2D eigenvalue weighted by Gasteiger charge is 2.27. The lowest BCUT2D eigenvalue weighted by Gasteiger charge is -2.33. The van der Waals surface area contributed by atoms with E-state index >= 15 is 0 Å². The summed E-state index contributed by atoms with van der Waals surface area (Å²) < 4.78 is 11.1. The SMILES string of the molecule is CCOC(=O)C1CCN(C(=NC)NCCOc2cccc3ccccc23)CC1. The molecule has 150 valence electrons. The molecule has 0 aliphatic carbocycles. The number of guanidine groups is 1. The second-order valence-corrected chi connectivity index (χ2v) is 6.81. The molecule has 0 radical (unpaired) electrons. The first-order chi connectivity index (χ1) is 13.7. The number of benzene rings is 2. The minimum atomic E-state index is -0.0754. The summed E-state index contributed by atoms with van der Waals surface area (Å²) in [5.74, 6) is 1.67. The van der Waals surface area contributed by atoms with Crippen LogP contribution < -0.4 is 10.1 Å². The maximum atomic E-state index is 11.9. The highest BCUT2D eigenvalue weighted by molar-refractivity contribution is 5.88. The van der Waals surface area contributed by atoms with Crippen molar-refractivity contribution in [2.45, 2.75) is 19.8 Å². The first kappa shape index (κ1) is 20.0. The molecule has 28 heavy (non-hydrogen) atoms. The van der Waals surface area contributed by atoms with Gasteiger partial charge in [0, 0.05) is 25.5 Å². The van der Waals surface area contributed by atoms with Crippen molar-refractivity contribution >= 4 is 22.7 Å². The van der Waals surface area contributed by atoms with E-state index in [-0.39, 0.29) is 11.9 Å². The van der Waals surface area contributed by atoms with E-state index in [1.165, 1.54) is 5.39 Å². The molecule has 1 saturated heterocycles. The standard InChI is InChI=1S/C22H29N3O3/c1-3-27-21(26)18-11-14-25(15-12-18)22(23-2)24-13-16-28-20-10-6-8-17-7-4-5-9-19(17)20/h4-10,18H,3,11-16H2,1-2H3,(H,23,24). The number of carbonyl (C=O) groups excluding carboxylic acids is 1. The van der Waals surface area contributed by atoms with Gasteiger partial charge in [-0.3, -0.25) is 9.79 Å². The molecular formula is C22H29N3O3. The molecule has 6 nitrogen and oxygen atoms in total. The molecular weight excluding hydrogens is 354 g/mol. The van der Waals surface area contributed by atoms with Gasteiger partial charge in [-0.05, 0) is 31.2 Å². The average molecular weight is 383 g/mol. The van der Waals surface area contributed by atoms with Crippen molar-refractivity contribution in [2.75, 3.05) is 39.9 Å². The Balaban J connectivity index is 1.45. The number of ether oxygens (including phenoxy) is 2. The van der Waals surface area contributed by atoms with Crippen molar-refractivity contribution in [3.05, 3.63) is 42.5 Å². The number of rotatable bonds is 6. The molecule has 1 aliphatic heterocycles. The van der Waals surface area contributed by atoms with Crippen LogP contribution in [0.3, 0.4) is 0 Å². The summed E-state index contributed by atoms with van der Waals surface area (Å²) in [4.78, 5) is 18.4. The zero-order chi connectivity index (χ0) is 19.8. The third-order valence-electron chi connectivity index (χ3n) is 5.02. The van der Waals surface area contributed by atoms with Crippen LogP contribution in [0, 0.1) is 5.92 Å². The minimum Gasteiger partial charge on any atom is -0.491 e. The number of aliphatic imine (C=N–C) groups is 1. The molecule has 1 aliphatic rings. The van der Waals surface area contributed by atoms with Gasteiger partial charge in [-0.15, -0.1) is 0 Å². The quantitative estimate of drug-likeness (QED) is 0.359. The van der Waals surface area contributed by atoms with Gasteiger partial charge in [0.2, 0.25) is 0 Å². The van der Waals surface area contributed by atoms with Crippen LogP contribution in [0.4, 0.5) is 0 Å². The maximum Gasteiger partial charge on any atom is 0.309 e. The van der Waals surface area contributed by atoms with Gasteiger partial charge in [-0.25, -0.2) is 0 Å². The van der Waals surface area contributed by atoms with E-state index in [2.05, 4.69) is 33.4 Å². The van der Waals surface area contributed by atoms with E-state index < -0.39 is 0 Å². The van der Waals surface area contributed by atoms with Crippen LogP contribution in [-0.2, 0) is 9.53 Å². The average Bonchev–Trinajstić information content (AvgIpc) is 2.74. The molecule has 3 rings (SSSR count). The Kier molecular flexibility index (Phi) is 7.12. The number of nitrogens with zero attached hydrogens (tertiary/aromatic N) is 2. The summed E-state index contributed by atoms with van der Waals surface area (Å²) in [6.45, 7) is 5.10. The van der Waals surface area contributed by atoms with Crippen molar-refractivity contribution in [1.29, 1.82) is 0 Å². The van der Waals surface area contributed by atoms with E-state index in [1.54, 1.807) is 7.05 Å². The Morgan fingerprint density at radius 3 is 2.68 bits per heavy atom. The van der Waals surface area contributed by atoms with E-state index in [4.69, 9.17) is 9.47 Å². The summed E-state index contributed by atoms with van der Waals surface area (Å²) in [7, 11) is 1.78. The molecule has 1 fully saturated rings. The van der Waals surface area contributed by atoms with E-state index in [9.17, 15) is 4.79 Å². The van der Waals surface area contributed by atoms with Gasteiger partial charge in [0.25, 0.3) is 0 Å². The summed E-state index contributed by atoms with van der Waals surface area (Å²) in [5.41, 5.74) is 0. The van der Waals surface area contributed by atoms with Crippen molar-refractivity contribution in [1.82, 2.24) is 10.2 Å².